The van der Waals surface area contributed by atoms with Gasteiger partial charge in [-0.15, -0.1) is 23.1 Å². The largest absolute Gasteiger partial charge is 0.462 e. The van der Waals surface area contributed by atoms with Crippen LogP contribution >= 0.6 is 23.1 Å². The van der Waals surface area contributed by atoms with Gasteiger partial charge in [-0.1, -0.05) is 60.2 Å². The fourth-order valence-electron chi connectivity index (χ4n) is 4.00. The number of thioether (sulfide) groups is 1. The molecule has 3 nitrogen and oxygen atoms in total. The predicted molar refractivity (Wildman–Crippen MR) is 123 cm³/mol. The molecule has 0 amide bonds. The third-order valence-corrected chi connectivity index (χ3v) is 8.11. The van der Waals surface area contributed by atoms with Gasteiger partial charge in [-0.2, -0.15) is 0 Å². The molecule has 3 aromatic rings. The van der Waals surface area contributed by atoms with Crippen LogP contribution in [0.5, 0.6) is 0 Å². The minimum Gasteiger partial charge on any atom is -0.462 e. The lowest BCUT2D eigenvalue weighted by molar-refractivity contribution is 0.0530. The van der Waals surface area contributed by atoms with Crippen molar-refractivity contribution in [2.24, 2.45) is 0 Å². The van der Waals surface area contributed by atoms with E-state index in [2.05, 4.69) is 43.3 Å². The molecule has 2 atom stereocenters. The Bertz CT molecular complexity index is 1010. The van der Waals surface area contributed by atoms with Gasteiger partial charge in [-0.25, -0.2) is 4.79 Å². The summed E-state index contributed by atoms with van der Waals surface area (Å²) in [6.45, 7) is 4.25. The van der Waals surface area contributed by atoms with Crippen molar-refractivity contribution < 1.29 is 14.6 Å². The second-order valence-electron chi connectivity index (χ2n) is 7.67. The first-order chi connectivity index (χ1) is 14.6. The Kier molecular flexibility index (Phi) is 6.61. The van der Waals surface area contributed by atoms with Crippen molar-refractivity contribution in [1.82, 2.24) is 0 Å². The number of carbonyl (C=O) groups is 1. The molecule has 30 heavy (non-hydrogen) atoms. The summed E-state index contributed by atoms with van der Waals surface area (Å²) in [6, 6.07) is 18.8. The number of ether oxygens (including phenoxy) is 1. The number of hydrogen-bond donors (Lipinski definition) is 1. The van der Waals surface area contributed by atoms with Gasteiger partial charge in [-0.3, -0.25) is 0 Å². The normalized spacial score (nSPS) is 18.1. The van der Waals surface area contributed by atoms with Gasteiger partial charge in [-0.05, 0) is 49.3 Å². The Labute approximate surface area is 186 Å². The molecule has 1 N–H and O–H groups in total. The number of benzene rings is 2. The number of esters is 1. The van der Waals surface area contributed by atoms with Crippen LogP contribution in [0.3, 0.4) is 0 Å². The van der Waals surface area contributed by atoms with Crippen LogP contribution in [0, 0.1) is 6.92 Å². The van der Waals surface area contributed by atoms with Gasteiger partial charge in [0.25, 0.3) is 0 Å². The zero-order valence-electron chi connectivity index (χ0n) is 17.3. The molecule has 1 heterocycles. The molecule has 4 rings (SSSR count). The van der Waals surface area contributed by atoms with E-state index in [4.69, 9.17) is 4.74 Å². The maximum atomic E-state index is 12.7. The molecular weight excluding hydrogens is 412 g/mol. The van der Waals surface area contributed by atoms with Crippen molar-refractivity contribution in [1.29, 1.82) is 0 Å². The average molecular weight is 439 g/mol. The van der Waals surface area contributed by atoms with E-state index < -0.39 is 6.10 Å². The van der Waals surface area contributed by atoms with Crippen LogP contribution in [0.15, 0.2) is 58.8 Å². The highest BCUT2D eigenvalue weighted by molar-refractivity contribution is 8.00. The second kappa shape index (κ2) is 9.38. The predicted octanol–water partition coefficient (Wildman–Crippen LogP) is 6.29. The third kappa shape index (κ3) is 4.48. The molecule has 0 aliphatic heterocycles. The van der Waals surface area contributed by atoms with Gasteiger partial charge < -0.3 is 9.84 Å². The number of hydrogen-bond acceptors (Lipinski definition) is 5. The van der Waals surface area contributed by atoms with Gasteiger partial charge in [0.2, 0.25) is 0 Å². The summed E-state index contributed by atoms with van der Waals surface area (Å²) in [4.78, 5) is 13.3. The third-order valence-electron chi connectivity index (χ3n) is 5.53. The van der Waals surface area contributed by atoms with Crippen LogP contribution in [0.25, 0.3) is 0 Å². The van der Waals surface area contributed by atoms with Crippen molar-refractivity contribution >= 4 is 29.1 Å². The van der Waals surface area contributed by atoms with Crippen molar-refractivity contribution in [3.8, 4) is 0 Å². The first-order valence-electron chi connectivity index (χ1n) is 10.3. The standard InChI is InChI=1S/C25H26O3S2/c1-3-28-24(27)23-20-13-19(18-11-9-16(2)10-12-18)14-21(26)22(20)25(30-23)29-15-17-7-5-4-6-8-17/h4-12,19,21,26H,3,13-15H2,1-2H3. The molecule has 0 spiro atoms. The minimum atomic E-state index is -0.572. The van der Waals surface area contributed by atoms with E-state index in [1.54, 1.807) is 11.8 Å². The van der Waals surface area contributed by atoms with Crippen molar-refractivity contribution in [3.05, 3.63) is 87.3 Å². The maximum Gasteiger partial charge on any atom is 0.348 e. The monoisotopic (exact) mass is 438 g/mol. The minimum absolute atomic E-state index is 0.197. The van der Waals surface area contributed by atoms with E-state index in [9.17, 15) is 9.90 Å². The molecule has 156 valence electrons. The molecule has 0 radical (unpaired) electrons. The molecule has 2 unspecified atom stereocenters. The van der Waals surface area contributed by atoms with E-state index in [0.717, 1.165) is 27.5 Å². The summed E-state index contributed by atoms with van der Waals surface area (Å²) >= 11 is 3.17. The molecule has 1 aromatic heterocycles. The molecular formula is C25H26O3S2. The Balaban J connectivity index is 1.66. The lowest BCUT2D eigenvalue weighted by Crippen LogP contribution is -2.18. The lowest BCUT2D eigenvalue weighted by Gasteiger charge is -2.28. The Morgan fingerprint density at radius 2 is 1.90 bits per heavy atom. The first kappa shape index (κ1) is 21.2. The van der Waals surface area contributed by atoms with Crippen LogP contribution in [0.4, 0.5) is 0 Å². The highest BCUT2D eigenvalue weighted by atomic mass is 32.2. The first-order valence-corrected chi connectivity index (χ1v) is 12.1. The number of thiophene rings is 1. The second-order valence-corrected chi connectivity index (χ2v) is 9.93. The molecule has 1 aliphatic carbocycles. The topological polar surface area (TPSA) is 46.5 Å². The maximum absolute atomic E-state index is 12.7. The molecule has 0 bridgehead atoms. The van der Waals surface area contributed by atoms with E-state index in [-0.39, 0.29) is 11.9 Å². The quantitative estimate of drug-likeness (QED) is 0.363. The van der Waals surface area contributed by atoms with E-state index in [1.165, 1.54) is 28.0 Å². The van der Waals surface area contributed by atoms with E-state index in [1.807, 2.05) is 25.1 Å². The number of rotatable bonds is 6. The van der Waals surface area contributed by atoms with Crippen LogP contribution in [0.1, 0.15) is 62.9 Å². The molecule has 0 saturated heterocycles. The zero-order valence-corrected chi connectivity index (χ0v) is 18.9. The van der Waals surface area contributed by atoms with Gasteiger partial charge in [0.05, 0.1) is 16.9 Å². The number of aliphatic hydroxyl groups excluding tert-OH is 1. The fraction of sp³-hybridized carbons (Fsp3) is 0.320. The van der Waals surface area contributed by atoms with Crippen LogP contribution in [0.2, 0.25) is 0 Å². The lowest BCUT2D eigenvalue weighted by atomic mass is 9.79. The number of aryl methyl sites for hydroxylation is 1. The summed E-state index contributed by atoms with van der Waals surface area (Å²) in [5.74, 6) is 0.731. The van der Waals surface area contributed by atoms with Gasteiger partial charge in [0, 0.05) is 11.3 Å². The Hall–Kier alpha value is -2.08. The molecule has 0 fully saturated rings. The number of carbonyl (C=O) groups excluding carboxylic acids is 1. The summed E-state index contributed by atoms with van der Waals surface area (Å²) < 4.78 is 6.38. The Morgan fingerprint density at radius 1 is 1.17 bits per heavy atom. The van der Waals surface area contributed by atoms with Crippen LogP contribution in [-0.4, -0.2) is 17.7 Å². The summed E-state index contributed by atoms with van der Waals surface area (Å²) in [5, 5.41) is 11.1. The molecule has 0 saturated carbocycles. The summed E-state index contributed by atoms with van der Waals surface area (Å²) in [7, 11) is 0. The molecule has 1 aliphatic rings. The highest BCUT2D eigenvalue weighted by Gasteiger charge is 2.35. The van der Waals surface area contributed by atoms with Crippen LogP contribution in [-0.2, 0) is 16.9 Å². The average Bonchev–Trinajstić information content (AvgIpc) is 3.13. The molecule has 2 aromatic carbocycles. The number of aliphatic hydroxyl groups is 1. The Morgan fingerprint density at radius 3 is 2.60 bits per heavy atom. The molecule has 5 heteroatoms. The van der Waals surface area contributed by atoms with Gasteiger partial charge in [0.15, 0.2) is 0 Å². The number of fused-ring (bicyclic) bond motifs is 1. The van der Waals surface area contributed by atoms with E-state index >= 15 is 0 Å². The fourth-order valence-corrected chi connectivity index (χ4v) is 6.58. The summed E-state index contributed by atoms with van der Waals surface area (Å²) in [5.41, 5.74) is 5.57. The zero-order chi connectivity index (χ0) is 21.1. The summed E-state index contributed by atoms with van der Waals surface area (Å²) in [6.07, 6.45) is 0.859. The van der Waals surface area contributed by atoms with Gasteiger partial charge in [0.1, 0.15) is 4.88 Å². The van der Waals surface area contributed by atoms with Crippen molar-refractivity contribution in [3.63, 3.8) is 0 Å². The SMILES string of the molecule is CCOC(=O)c1sc(SCc2ccccc2)c2c1CC(c1ccc(C)cc1)CC2O. The van der Waals surface area contributed by atoms with Crippen molar-refractivity contribution in [2.75, 3.05) is 6.61 Å². The van der Waals surface area contributed by atoms with Crippen LogP contribution < -0.4 is 0 Å². The van der Waals surface area contributed by atoms with Gasteiger partial charge >= 0.3 is 5.97 Å². The van der Waals surface area contributed by atoms with Crippen molar-refractivity contribution in [2.45, 2.75) is 48.7 Å². The highest BCUT2D eigenvalue weighted by Crippen LogP contribution is 2.49. The van der Waals surface area contributed by atoms with E-state index in [0.29, 0.717) is 17.9 Å². The smallest absolute Gasteiger partial charge is 0.348 e.